The molecule has 8 nitrogen and oxygen atoms in total. The van der Waals surface area contributed by atoms with Crippen LogP contribution in [0.25, 0.3) is 0 Å². The van der Waals surface area contributed by atoms with Gasteiger partial charge in [-0.15, -0.1) is 0 Å². The van der Waals surface area contributed by atoms with Gasteiger partial charge in [0.05, 0.1) is 10.7 Å². The molecule has 1 aliphatic rings. The van der Waals surface area contributed by atoms with E-state index in [-0.39, 0.29) is 23.6 Å². The number of nitrogens with zero attached hydrogens (tertiary/aromatic N) is 3. The number of hydrogen-bond donors (Lipinski definition) is 2. The van der Waals surface area contributed by atoms with Crippen molar-refractivity contribution in [3.63, 3.8) is 0 Å². The Balaban J connectivity index is 1.65. The number of amides is 2. The van der Waals surface area contributed by atoms with Gasteiger partial charge >= 0.3 is 0 Å². The molecule has 3 heterocycles. The van der Waals surface area contributed by atoms with E-state index in [0.29, 0.717) is 30.1 Å². The zero-order chi connectivity index (χ0) is 20.1. The maximum atomic E-state index is 13.0. The monoisotopic (exact) mass is 405 g/mol. The van der Waals surface area contributed by atoms with Gasteiger partial charge < -0.3 is 15.0 Å². The normalized spacial score (nSPS) is 17.5. The third-order valence-corrected chi connectivity index (χ3v) is 5.36. The SMILES string of the molecule is CCc1[nH]nc(C(=O)NC[C@H]2CCCN2C(=O)C(OC)c2cccnc2)c1Cl. The molecule has 0 spiro atoms. The third-order valence-electron chi connectivity index (χ3n) is 4.95. The van der Waals surface area contributed by atoms with Crippen LogP contribution in [0.5, 0.6) is 0 Å². The molecular weight excluding hydrogens is 382 g/mol. The minimum Gasteiger partial charge on any atom is -0.367 e. The molecule has 2 atom stereocenters. The fourth-order valence-electron chi connectivity index (χ4n) is 3.44. The number of pyridine rings is 1. The maximum Gasteiger partial charge on any atom is 0.273 e. The molecule has 2 amide bonds. The topological polar surface area (TPSA) is 100 Å². The van der Waals surface area contributed by atoms with Gasteiger partial charge in [-0.05, 0) is 25.3 Å². The Kier molecular flexibility index (Phi) is 6.64. The summed E-state index contributed by atoms with van der Waals surface area (Å²) < 4.78 is 5.43. The Labute approximate surface area is 168 Å². The molecule has 1 aliphatic heterocycles. The minimum absolute atomic E-state index is 0.103. The van der Waals surface area contributed by atoms with Crippen molar-refractivity contribution in [2.24, 2.45) is 0 Å². The van der Waals surface area contributed by atoms with Crippen LogP contribution in [-0.2, 0) is 16.0 Å². The van der Waals surface area contributed by atoms with E-state index < -0.39 is 6.10 Å². The van der Waals surface area contributed by atoms with Gasteiger partial charge in [0, 0.05) is 44.2 Å². The summed E-state index contributed by atoms with van der Waals surface area (Å²) in [6.45, 7) is 2.89. The van der Waals surface area contributed by atoms with Gasteiger partial charge in [-0.1, -0.05) is 24.6 Å². The number of methoxy groups -OCH3 is 1. The second-order valence-corrected chi connectivity index (χ2v) is 7.04. The van der Waals surface area contributed by atoms with Crippen molar-refractivity contribution < 1.29 is 14.3 Å². The molecule has 0 bridgehead atoms. The highest BCUT2D eigenvalue weighted by Gasteiger charge is 2.34. The number of rotatable bonds is 7. The molecule has 0 radical (unpaired) electrons. The molecule has 2 aromatic rings. The van der Waals surface area contributed by atoms with Crippen molar-refractivity contribution in [3.8, 4) is 0 Å². The number of aromatic nitrogens is 3. The number of likely N-dealkylation sites (tertiary alicyclic amines) is 1. The van der Waals surface area contributed by atoms with Gasteiger partial charge in [0.25, 0.3) is 11.8 Å². The van der Waals surface area contributed by atoms with Crippen LogP contribution in [-0.4, -0.2) is 58.1 Å². The summed E-state index contributed by atoms with van der Waals surface area (Å²) in [5, 5.41) is 9.95. The summed E-state index contributed by atoms with van der Waals surface area (Å²) in [6.07, 6.45) is 4.92. The molecule has 150 valence electrons. The summed E-state index contributed by atoms with van der Waals surface area (Å²) in [5.41, 5.74) is 1.61. The van der Waals surface area contributed by atoms with E-state index in [2.05, 4.69) is 20.5 Å². The Morgan fingerprint density at radius 1 is 1.50 bits per heavy atom. The molecule has 0 aliphatic carbocycles. The molecule has 2 N–H and O–H groups in total. The molecule has 2 aromatic heterocycles. The van der Waals surface area contributed by atoms with E-state index in [0.717, 1.165) is 18.5 Å². The van der Waals surface area contributed by atoms with Gasteiger partial charge in [-0.2, -0.15) is 5.10 Å². The lowest BCUT2D eigenvalue weighted by Crippen LogP contribution is -2.45. The average Bonchev–Trinajstić information content (AvgIpc) is 3.33. The largest absolute Gasteiger partial charge is 0.367 e. The van der Waals surface area contributed by atoms with Crippen LogP contribution in [0.4, 0.5) is 0 Å². The first-order valence-electron chi connectivity index (χ1n) is 9.30. The van der Waals surface area contributed by atoms with Gasteiger partial charge in [0.15, 0.2) is 11.8 Å². The summed E-state index contributed by atoms with van der Waals surface area (Å²) in [4.78, 5) is 31.3. The first-order chi connectivity index (χ1) is 13.6. The van der Waals surface area contributed by atoms with Crippen LogP contribution in [0.15, 0.2) is 24.5 Å². The molecule has 1 unspecified atom stereocenters. The van der Waals surface area contributed by atoms with Crippen LogP contribution >= 0.6 is 11.6 Å². The quantitative estimate of drug-likeness (QED) is 0.735. The molecular formula is C19H24ClN5O3. The fraction of sp³-hybridized carbons (Fsp3) is 0.474. The molecule has 28 heavy (non-hydrogen) atoms. The Bertz CT molecular complexity index is 826. The Morgan fingerprint density at radius 2 is 2.32 bits per heavy atom. The maximum absolute atomic E-state index is 13.0. The second kappa shape index (κ2) is 9.16. The lowest BCUT2D eigenvalue weighted by Gasteiger charge is -2.28. The molecule has 1 fully saturated rings. The number of carbonyl (C=O) groups excluding carboxylic acids is 2. The van der Waals surface area contributed by atoms with Crippen molar-refractivity contribution in [3.05, 3.63) is 46.5 Å². The van der Waals surface area contributed by atoms with E-state index in [4.69, 9.17) is 16.3 Å². The summed E-state index contributed by atoms with van der Waals surface area (Å²) in [6, 6.07) is 3.49. The van der Waals surface area contributed by atoms with E-state index in [9.17, 15) is 9.59 Å². The average molecular weight is 406 g/mol. The minimum atomic E-state index is -0.710. The van der Waals surface area contributed by atoms with Crippen molar-refractivity contribution in [1.82, 2.24) is 25.4 Å². The predicted octanol–water partition coefficient (Wildman–Crippen LogP) is 2.13. The zero-order valence-corrected chi connectivity index (χ0v) is 16.7. The fourth-order valence-corrected chi connectivity index (χ4v) is 3.75. The van der Waals surface area contributed by atoms with E-state index in [1.54, 1.807) is 23.4 Å². The van der Waals surface area contributed by atoms with Gasteiger partial charge in [-0.3, -0.25) is 19.7 Å². The summed E-state index contributed by atoms with van der Waals surface area (Å²) in [5.74, 6) is -0.478. The van der Waals surface area contributed by atoms with Gasteiger partial charge in [-0.25, -0.2) is 0 Å². The van der Waals surface area contributed by atoms with E-state index in [1.165, 1.54) is 7.11 Å². The Hall–Kier alpha value is -2.45. The second-order valence-electron chi connectivity index (χ2n) is 6.66. The number of H-pyrrole nitrogens is 1. The van der Waals surface area contributed by atoms with Gasteiger partial charge in [0.1, 0.15) is 0 Å². The van der Waals surface area contributed by atoms with Crippen molar-refractivity contribution in [1.29, 1.82) is 0 Å². The van der Waals surface area contributed by atoms with Crippen LogP contribution < -0.4 is 5.32 Å². The summed E-state index contributed by atoms with van der Waals surface area (Å²) >= 11 is 6.18. The van der Waals surface area contributed by atoms with Crippen molar-refractivity contribution >= 4 is 23.4 Å². The van der Waals surface area contributed by atoms with Gasteiger partial charge in [0.2, 0.25) is 0 Å². The first-order valence-corrected chi connectivity index (χ1v) is 9.68. The molecule has 9 heteroatoms. The lowest BCUT2D eigenvalue weighted by molar-refractivity contribution is -0.143. The third kappa shape index (κ3) is 4.18. The van der Waals surface area contributed by atoms with Crippen LogP contribution in [0.1, 0.15) is 47.6 Å². The highest BCUT2D eigenvalue weighted by atomic mass is 35.5. The first kappa shape index (κ1) is 20.3. The van der Waals surface area contributed by atoms with E-state index in [1.807, 2.05) is 13.0 Å². The molecule has 0 saturated carbocycles. The number of aryl methyl sites for hydroxylation is 1. The predicted molar refractivity (Wildman–Crippen MR) is 104 cm³/mol. The number of hydrogen-bond acceptors (Lipinski definition) is 5. The van der Waals surface area contributed by atoms with Crippen LogP contribution in [0.3, 0.4) is 0 Å². The smallest absolute Gasteiger partial charge is 0.273 e. The summed E-state index contributed by atoms with van der Waals surface area (Å²) in [7, 11) is 1.51. The number of ether oxygens (including phenoxy) is 1. The lowest BCUT2D eigenvalue weighted by atomic mass is 10.1. The van der Waals surface area contributed by atoms with Crippen molar-refractivity contribution in [2.75, 3.05) is 20.2 Å². The highest BCUT2D eigenvalue weighted by molar-refractivity contribution is 6.34. The van der Waals surface area contributed by atoms with Crippen LogP contribution in [0.2, 0.25) is 5.02 Å². The molecule has 3 rings (SSSR count). The zero-order valence-electron chi connectivity index (χ0n) is 15.9. The highest BCUT2D eigenvalue weighted by Crippen LogP contribution is 2.25. The molecule has 0 aromatic carbocycles. The number of halogens is 1. The standard InChI is InChI=1S/C19H24ClN5O3/c1-3-14-15(20)16(24-23-14)18(26)22-11-13-7-5-9-25(13)19(27)17(28-2)12-6-4-8-21-10-12/h4,6,8,10,13,17H,3,5,7,9,11H2,1-2H3,(H,22,26)(H,23,24)/t13-,17?/m1/s1. The number of nitrogens with one attached hydrogen (secondary N) is 2. The van der Waals surface area contributed by atoms with Crippen molar-refractivity contribution in [2.45, 2.75) is 38.3 Å². The number of aromatic amines is 1. The number of carbonyl (C=O) groups is 2. The van der Waals surface area contributed by atoms with E-state index >= 15 is 0 Å². The van der Waals surface area contributed by atoms with Crippen LogP contribution in [0, 0.1) is 0 Å². The Morgan fingerprint density at radius 3 is 2.96 bits per heavy atom. The molecule has 1 saturated heterocycles.